The number of alkyl halides is 3. The van der Waals surface area contributed by atoms with Gasteiger partial charge in [-0.05, 0) is 12.1 Å². The number of carboxylic acid groups (broad SMARTS) is 1. The number of halogens is 3. The third kappa shape index (κ3) is 4.37. The zero-order chi connectivity index (χ0) is 18.8. The third-order valence-electron chi connectivity index (χ3n) is 3.77. The van der Waals surface area contributed by atoms with Crippen LogP contribution in [0.5, 0.6) is 0 Å². The fraction of sp³-hybridized carbons (Fsp3) is 0.429. The molecule has 1 aliphatic rings. The van der Waals surface area contributed by atoms with E-state index in [0.29, 0.717) is 0 Å². The Labute approximate surface area is 138 Å². The van der Waals surface area contributed by atoms with E-state index in [1.54, 1.807) is 0 Å². The van der Waals surface area contributed by atoms with Gasteiger partial charge in [0.1, 0.15) is 12.1 Å². The summed E-state index contributed by atoms with van der Waals surface area (Å²) in [7, 11) is 0. The van der Waals surface area contributed by atoms with Crippen molar-refractivity contribution < 1.29 is 37.5 Å². The highest BCUT2D eigenvalue weighted by Crippen LogP contribution is 2.33. The number of nitrogens with zero attached hydrogens (tertiary/aromatic N) is 2. The highest BCUT2D eigenvalue weighted by Gasteiger charge is 2.49. The number of non-ortho nitro benzene ring substituents is 1. The van der Waals surface area contributed by atoms with Crippen molar-refractivity contribution in [2.24, 2.45) is 0 Å². The molecule has 0 spiro atoms. The van der Waals surface area contributed by atoms with Crippen molar-refractivity contribution in [3.63, 3.8) is 0 Å². The second kappa shape index (κ2) is 6.95. The summed E-state index contributed by atoms with van der Waals surface area (Å²) in [5.41, 5.74) is -0.293. The van der Waals surface area contributed by atoms with Crippen LogP contribution in [0.4, 0.5) is 23.7 Å². The Morgan fingerprint density at radius 3 is 2.36 bits per heavy atom. The number of hydrogen-bond acceptors (Lipinski definition) is 5. The number of amides is 1. The topological polar surface area (TPSA) is 110 Å². The van der Waals surface area contributed by atoms with E-state index in [4.69, 9.17) is 9.84 Å². The number of piperidine rings is 1. The van der Waals surface area contributed by atoms with Crippen LogP contribution < -0.4 is 0 Å². The molecule has 0 aromatic heterocycles. The number of nitro benzene ring substituents is 1. The minimum atomic E-state index is -4.78. The Hall–Kier alpha value is -2.85. The second-order valence-electron chi connectivity index (χ2n) is 5.39. The first-order valence-electron chi connectivity index (χ1n) is 7.11. The van der Waals surface area contributed by atoms with E-state index in [0.717, 1.165) is 24.3 Å². The molecule has 2 atom stereocenters. The van der Waals surface area contributed by atoms with Crippen LogP contribution in [-0.2, 0) is 4.74 Å². The average Bonchev–Trinajstić information content (AvgIpc) is 2.53. The number of likely N-dealkylation sites (tertiary alicyclic amines) is 1. The number of carbonyl (C=O) groups excluding carboxylic acids is 1. The first-order chi connectivity index (χ1) is 11.6. The van der Waals surface area contributed by atoms with Crippen LogP contribution >= 0.6 is 0 Å². The Balaban J connectivity index is 2.06. The van der Waals surface area contributed by atoms with Crippen molar-refractivity contribution in [1.29, 1.82) is 0 Å². The molecule has 0 radical (unpaired) electrons. The standard InChI is InChI=1S/C14H13F3N2O6/c15-14(16,17)11-7-10(5-6-18(11)13(21)22)25-12(20)8-1-3-9(4-2-8)19(23)24/h1-4,10-11H,5-7H2,(H,21,22)/t10-,11-/m0/s1. The van der Waals surface area contributed by atoms with Gasteiger partial charge in [-0.3, -0.25) is 15.0 Å². The van der Waals surface area contributed by atoms with Crippen LogP contribution in [0, 0.1) is 10.1 Å². The molecule has 1 aromatic carbocycles. The van der Waals surface area contributed by atoms with Crippen LogP contribution in [0.2, 0.25) is 0 Å². The number of ether oxygens (including phenoxy) is 1. The van der Waals surface area contributed by atoms with Crippen LogP contribution in [0.25, 0.3) is 0 Å². The monoisotopic (exact) mass is 362 g/mol. The summed E-state index contributed by atoms with van der Waals surface area (Å²) in [5, 5.41) is 19.4. The van der Waals surface area contributed by atoms with E-state index in [1.807, 2.05) is 0 Å². The molecule has 136 valence electrons. The van der Waals surface area contributed by atoms with Gasteiger partial charge in [0.15, 0.2) is 0 Å². The lowest BCUT2D eigenvalue weighted by molar-refractivity contribution is -0.384. The SMILES string of the molecule is O=C(O[C@H]1CCN(C(=O)O)[C@H](C(F)(F)F)C1)c1ccc([N+](=O)[O-])cc1. The third-order valence-corrected chi connectivity index (χ3v) is 3.77. The Morgan fingerprint density at radius 2 is 1.88 bits per heavy atom. The Kier molecular flexibility index (Phi) is 5.14. The van der Waals surface area contributed by atoms with Gasteiger partial charge in [-0.2, -0.15) is 13.2 Å². The molecule has 0 unspecified atom stereocenters. The summed E-state index contributed by atoms with van der Waals surface area (Å²) in [5.74, 6) is -0.926. The van der Waals surface area contributed by atoms with Crippen LogP contribution in [0.15, 0.2) is 24.3 Å². The molecule has 1 saturated heterocycles. The van der Waals surface area contributed by atoms with Gasteiger partial charge in [0, 0.05) is 31.5 Å². The van der Waals surface area contributed by atoms with Crippen molar-refractivity contribution in [1.82, 2.24) is 4.90 Å². The summed E-state index contributed by atoms with van der Waals surface area (Å²) in [6.45, 7) is -0.419. The lowest BCUT2D eigenvalue weighted by Gasteiger charge is -2.38. The number of benzene rings is 1. The van der Waals surface area contributed by atoms with Gasteiger partial charge in [-0.15, -0.1) is 0 Å². The summed E-state index contributed by atoms with van der Waals surface area (Å²) in [6.07, 6.45) is -8.35. The van der Waals surface area contributed by atoms with Gasteiger partial charge in [0.05, 0.1) is 10.5 Å². The van der Waals surface area contributed by atoms with Gasteiger partial charge >= 0.3 is 18.2 Å². The molecule has 1 fully saturated rings. The minimum absolute atomic E-state index is 0.0465. The molecule has 8 nitrogen and oxygen atoms in total. The van der Waals surface area contributed by atoms with Crippen molar-refractivity contribution in [2.75, 3.05) is 6.54 Å². The van der Waals surface area contributed by atoms with Gasteiger partial charge < -0.3 is 9.84 Å². The lowest BCUT2D eigenvalue weighted by Crippen LogP contribution is -2.54. The molecule has 1 aliphatic heterocycles. The van der Waals surface area contributed by atoms with Crippen molar-refractivity contribution in [3.8, 4) is 0 Å². The zero-order valence-electron chi connectivity index (χ0n) is 12.6. The molecular formula is C14H13F3N2O6. The molecule has 0 saturated carbocycles. The molecule has 1 heterocycles. The quantitative estimate of drug-likeness (QED) is 0.503. The lowest BCUT2D eigenvalue weighted by atomic mass is 9.99. The maximum absolute atomic E-state index is 13.0. The normalized spacial score (nSPS) is 20.8. The van der Waals surface area contributed by atoms with Crippen molar-refractivity contribution >= 4 is 17.7 Å². The molecule has 25 heavy (non-hydrogen) atoms. The molecule has 2 rings (SSSR count). The second-order valence-corrected chi connectivity index (χ2v) is 5.39. The van der Waals surface area contributed by atoms with E-state index < -0.39 is 48.3 Å². The van der Waals surface area contributed by atoms with Crippen LogP contribution in [-0.4, -0.2) is 51.9 Å². The number of carbonyl (C=O) groups is 2. The van der Waals surface area contributed by atoms with E-state index in [-0.39, 0.29) is 22.6 Å². The van der Waals surface area contributed by atoms with Gasteiger partial charge in [0.25, 0.3) is 5.69 Å². The summed E-state index contributed by atoms with van der Waals surface area (Å²) < 4.78 is 44.0. The highest BCUT2D eigenvalue weighted by molar-refractivity contribution is 5.89. The Morgan fingerprint density at radius 1 is 1.28 bits per heavy atom. The van der Waals surface area contributed by atoms with E-state index in [1.165, 1.54) is 0 Å². The summed E-state index contributed by atoms with van der Waals surface area (Å²) in [6, 6.07) is 2.15. The first kappa shape index (κ1) is 18.5. The molecule has 0 bridgehead atoms. The maximum atomic E-state index is 13.0. The largest absolute Gasteiger partial charge is 0.465 e. The maximum Gasteiger partial charge on any atom is 0.409 e. The van der Waals surface area contributed by atoms with Crippen LogP contribution in [0.3, 0.4) is 0 Å². The fourth-order valence-electron chi connectivity index (χ4n) is 2.52. The summed E-state index contributed by atoms with van der Waals surface area (Å²) in [4.78, 5) is 33.0. The molecule has 0 aliphatic carbocycles. The Bertz CT molecular complexity index is 676. The zero-order valence-corrected chi connectivity index (χ0v) is 12.6. The van der Waals surface area contributed by atoms with E-state index >= 15 is 0 Å². The molecule has 1 amide bonds. The first-order valence-corrected chi connectivity index (χ1v) is 7.11. The molecular weight excluding hydrogens is 349 g/mol. The van der Waals surface area contributed by atoms with Gasteiger partial charge in [-0.25, -0.2) is 9.59 Å². The number of hydrogen-bond donors (Lipinski definition) is 1. The average molecular weight is 362 g/mol. The molecule has 1 aromatic rings. The predicted octanol–water partition coefficient (Wildman–Crippen LogP) is 2.82. The predicted molar refractivity (Wildman–Crippen MR) is 76.1 cm³/mol. The van der Waals surface area contributed by atoms with Crippen LogP contribution in [0.1, 0.15) is 23.2 Å². The number of rotatable bonds is 3. The van der Waals surface area contributed by atoms with Crippen molar-refractivity contribution in [2.45, 2.75) is 31.2 Å². The van der Waals surface area contributed by atoms with Gasteiger partial charge in [0.2, 0.25) is 0 Å². The van der Waals surface area contributed by atoms with E-state index in [2.05, 4.69) is 0 Å². The minimum Gasteiger partial charge on any atom is -0.465 e. The van der Waals surface area contributed by atoms with Crippen molar-refractivity contribution in [3.05, 3.63) is 39.9 Å². The highest BCUT2D eigenvalue weighted by atomic mass is 19.4. The fourth-order valence-corrected chi connectivity index (χ4v) is 2.52. The van der Waals surface area contributed by atoms with E-state index in [9.17, 15) is 32.9 Å². The smallest absolute Gasteiger partial charge is 0.409 e. The summed E-state index contributed by atoms with van der Waals surface area (Å²) >= 11 is 0. The number of nitro groups is 1. The number of esters is 1. The molecule has 11 heteroatoms. The van der Waals surface area contributed by atoms with Gasteiger partial charge in [-0.1, -0.05) is 0 Å². The molecule has 1 N–H and O–H groups in total.